The highest BCUT2D eigenvalue weighted by atomic mass is 16.3. The first-order chi connectivity index (χ1) is 9.74. The normalized spacial score (nSPS) is 16.2. The maximum absolute atomic E-state index is 10.1. The molecule has 1 aliphatic rings. The van der Waals surface area contributed by atoms with Crippen LogP contribution in [0.25, 0.3) is 11.1 Å². The molecule has 3 rings (SSSR count). The summed E-state index contributed by atoms with van der Waals surface area (Å²) in [5.74, 6) is 1.11. The molecular weight excluding hydrogens is 248 g/mol. The molecule has 0 aromatic heterocycles. The van der Waals surface area contributed by atoms with Gasteiger partial charge in [0.05, 0.1) is 0 Å². The number of phenolic OH excluding ortho intramolecular Hbond substituents is 2. The quantitative estimate of drug-likeness (QED) is 0.820. The molecule has 20 heavy (non-hydrogen) atoms. The predicted molar refractivity (Wildman–Crippen MR) is 81.0 cm³/mol. The second-order valence-electron chi connectivity index (χ2n) is 5.66. The van der Waals surface area contributed by atoms with Crippen molar-refractivity contribution < 1.29 is 10.2 Å². The third-order valence-electron chi connectivity index (χ3n) is 4.25. The van der Waals surface area contributed by atoms with Gasteiger partial charge < -0.3 is 10.2 Å². The van der Waals surface area contributed by atoms with Gasteiger partial charge in [0.1, 0.15) is 11.5 Å². The number of aromatic hydroxyl groups is 2. The fraction of sp³-hybridized carbons (Fsp3) is 0.333. The van der Waals surface area contributed by atoms with Gasteiger partial charge in [-0.2, -0.15) is 0 Å². The van der Waals surface area contributed by atoms with Crippen molar-refractivity contribution in [2.75, 3.05) is 0 Å². The van der Waals surface area contributed by atoms with E-state index in [0.29, 0.717) is 5.92 Å². The summed E-state index contributed by atoms with van der Waals surface area (Å²) in [6.45, 7) is 0. The molecule has 2 nitrogen and oxygen atoms in total. The fourth-order valence-electron chi connectivity index (χ4n) is 3.15. The van der Waals surface area contributed by atoms with E-state index in [2.05, 4.69) is 6.07 Å². The lowest BCUT2D eigenvalue weighted by molar-refractivity contribution is 0.442. The van der Waals surface area contributed by atoms with Crippen molar-refractivity contribution in [1.82, 2.24) is 0 Å². The summed E-state index contributed by atoms with van der Waals surface area (Å²) >= 11 is 0. The molecule has 0 unspecified atom stereocenters. The van der Waals surface area contributed by atoms with Gasteiger partial charge >= 0.3 is 0 Å². The Morgan fingerprint density at radius 2 is 1.65 bits per heavy atom. The zero-order valence-corrected chi connectivity index (χ0v) is 11.5. The predicted octanol–water partition coefficient (Wildman–Crippen LogP) is 4.81. The molecule has 0 radical (unpaired) electrons. The van der Waals surface area contributed by atoms with Crippen LogP contribution in [-0.4, -0.2) is 10.2 Å². The van der Waals surface area contributed by atoms with Gasteiger partial charge in [-0.15, -0.1) is 0 Å². The highest BCUT2D eigenvalue weighted by Gasteiger charge is 2.17. The summed E-state index contributed by atoms with van der Waals surface area (Å²) in [5, 5.41) is 19.7. The Morgan fingerprint density at radius 3 is 2.40 bits per heavy atom. The summed E-state index contributed by atoms with van der Waals surface area (Å²) in [7, 11) is 0. The number of benzene rings is 2. The monoisotopic (exact) mass is 268 g/mol. The average molecular weight is 268 g/mol. The zero-order chi connectivity index (χ0) is 13.9. The Labute approximate surface area is 119 Å². The molecule has 0 aliphatic heterocycles. The first-order valence-corrected chi connectivity index (χ1v) is 7.36. The molecule has 0 atom stereocenters. The highest BCUT2D eigenvalue weighted by Crippen LogP contribution is 2.38. The van der Waals surface area contributed by atoms with Crippen molar-refractivity contribution in [2.24, 2.45) is 0 Å². The van der Waals surface area contributed by atoms with Gasteiger partial charge in [-0.1, -0.05) is 37.5 Å². The Bertz CT molecular complexity index is 598. The van der Waals surface area contributed by atoms with Gasteiger partial charge in [0, 0.05) is 5.56 Å². The van der Waals surface area contributed by atoms with E-state index < -0.39 is 0 Å². The van der Waals surface area contributed by atoms with Crippen LogP contribution in [0.5, 0.6) is 11.5 Å². The fourth-order valence-corrected chi connectivity index (χ4v) is 3.15. The van der Waals surface area contributed by atoms with Crippen molar-refractivity contribution in [3.05, 3.63) is 48.0 Å². The molecule has 104 valence electrons. The van der Waals surface area contributed by atoms with E-state index in [9.17, 15) is 10.2 Å². The van der Waals surface area contributed by atoms with Crippen LogP contribution in [0.4, 0.5) is 0 Å². The van der Waals surface area contributed by atoms with Crippen LogP contribution in [-0.2, 0) is 0 Å². The molecule has 2 heteroatoms. The highest BCUT2D eigenvalue weighted by molar-refractivity contribution is 5.72. The topological polar surface area (TPSA) is 40.5 Å². The van der Waals surface area contributed by atoms with Crippen LogP contribution in [0.1, 0.15) is 43.6 Å². The number of rotatable bonds is 2. The number of hydrogen-bond acceptors (Lipinski definition) is 2. The van der Waals surface area contributed by atoms with E-state index in [-0.39, 0.29) is 11.5 Å². The average Bonchev–Trinajstić information content (AvgIpc) is 2.48. The van der Waals surface area contributed by atoms with E-state index >= 15 is 0 Å². The van der Waals surface area contributed by atoms with Gasteiger partial charge in [0.25, 0.3) is 0 Å². The van der Waals surface area contributed by atoms with Gasteiger partial charge in [-0.3, -0.25) is 0 Å². The third kappa shape index (κ3) is 2.64. The first-order valence-electron chi connectivity index (χ1n) is 7.36. The lowest BCUT2D eigenvalue weighted by Gasteiger charge is -2.22. The minimum Gasteiger partial charge on any atom is -0.508 e. The standard InChI is InChI=1S/C18H20O2/c19-16-8-4-7-15(11-16)17-12-14(9-10-18(17)20)13-5-2-1-3-6-13/h4,7-13,19-20H,1-3,5-6H2. The molecule has 2 aromatic rings. The minimum absolute atomic E-state index is 0.227. The van der Waals surface area contributed by atoms with Crippen LogP contribution < -0.4 is 0 Å². The molecular formula is C18H20O2. The van der Waals surface area contributed by atoms with Crippen molar-refractivity contribution in [1.29, 1.82) is 0 Å². The van der Waals surface area contributed by atoms with Gasteiger partial charge in [-0.25, -0.2) is 0 Å². The number of phenols is 2. The maximum atomic E-state index is 10.1. The lowest BCUT2D eigenvalue weighted by atomic mass is 9.83. The molecule has 0 spiro atoms. The largest absolute Gasteiger partial charge is 0.508 e. The van der Waals surface area contributed by atoms with Crippen LogP contribution in [0.3, 0.4) is 0 Å². The molecule has 1 fully saturated rings. The van der Waals surface area contributed by atoms with Gasteiger partial charge in [-0.05, 0) is 54.2 Å². The Morgan fingerprint density at radius 1 is 0.850 bits per heavy atom. The Hall–Kier alpha value is -1.96. The van der Waals surface area contributed by atoms with Crippen LogP contribution in [0.15, 0.2) is 42.5 Å². The molecule has 0 heterocycles. The van der Waals surface area contributed by atoms with Crippen molar-refractivity contribution in [3.8, 4) is 22.6 Å². The van der Waals surface area contributed by atoms with E-state index in [1.165, 1.54) is 37.7 Å². The molecule has 0 bridgehead atoms. The summed E-state index contributed by atoms with van der Waals surface area (Å²) in [6.07, 6.45) is 6.42. The summed E-state index contributed by atoms with van der Waals surface area (Å²) in [4.78, 5) is 0. The Balaban J connectivity index is 1.98. The lowest BCUT2D eigenvalue weighted by Crippen LogP contribution is -2.04. The molecule has 2 aromatic carbocycles. The smallest absolute Gasteiger partial charge is 0.123 e. The second kappa shape index (κ2) is 5.58. The maximum Gasteiger partial charge on any atom is 0.123 e. The summed E-state index contributed by atoms with van der Waals surface area (Å²) < 4.78 is 0. The van der Waals surface area contributed by atoms with Crippen LogP contribution in [0, 0.1) is 0 Å². The second-order valence-corrected chi connectivity index (χ2v) is 5.66. The van der Waals surface area contributed by atoms with E-state index in [1.54, 1.807) is 24.3 Å². The molecule has 1 saturated carbocycles. The SMILES string of the molecule is Oc1cccc(-c2cc(C3CCCCC3)ccc2O)c1. The first kappa shape index (κ1) is 13.0. The summed E-state index contributed by atoms with van der Waals surface area (Å²) in [6, 6.07) is 13.0. The van der Waals surface area contributed by atoms with E-state index in [4.69, 9.17) is 0 Å². The zero-order valence-electron chi connectivity index (χ0n) is 11.5. The van der Waals surface area contributed by atoms with Crippen molar-refractivity contribution in [3.63, 3.8) is 0 Å². The van der Waals surface area contributed by atoms with Gasteiger partial charge in [0.15, 0.2) is 0 Å². The van der Waals surface area contributed by atoms with Crippen LogP contribution >= 0.6 is 0 Å². The van der Waals surface area contributed by atoms with Gasteiger partial charge in [0.2, 0.25) is 0 Å². The van der Waals surface area contributed by atoms with Crippen molar-refractivity contribution >= 4 is 0 Å². The van der Waals surface area contributed by atoms with Crippen LogP contribution in [0.2, 0.25) is 0 Å². The number of hydrogen-bond donors (Lipinski definition) is 2. The molecule has 1 aliphatic carbocycles. The molecule has 0 amide bonds. The van der Waals surface area contributed by atoms with Crippen molar-refractivity contribution in [2.45, 2.75) is 38.0 Å². The minimum atomic E-state index is 0.227. The summed E-state index contributed by atoms with van der Waals surface area (Å²) in [5.41, 5.74) is 2.98. The third-order valence-corrected chi connectivity index (χ3v) is 4.25. The van der Waals surface area contributed by atoms with E-state index in [1.807, 2.05) is 12.1 Å². The Kier molecular flexibility index (Phi) is 3.64. The molecule has 2 N–H and O–H groups in total. The molecule has 0 saturated heterocycles. The van der Waals surface area contributed by atoms with E-state index in [0.717, 1.165) is 11.1 Å².